The van der Waals surface area contributed by atoms with E-state index in [-0.39, 0.29) is 11.1 Å². The van der Waals surface area contributed by atoms with E-state index in [4.69, 9.17) is 10.2 Å². The predicted octanol–water partition coefficient (Wildman–Crippen LogP) is 1.08. The summed E-state index contributed by atoms with van der Waals surface area (Å²) >= 11 is 0. The molecule has 0 saturated heterocycles. The fourth-order valence-electron chi connectivity index (χ4n) is 0.785. The maximum Gasteiger partial charge on any atom is 0.335 e. The fraction of sp³-hybridized carbons (Fsp3) is 0. The van der Waals surface area contributed by atoms with Crippen LogP contribution in [0.4, 0.5) is 0 Å². The molecule has 1 aromatic carbocycles. The van der Waals surface area contributed by atoms with Gasteiger partial charge in [-0.3, -0.25) is 0 Å². The van der Waals surface area contributed by atoms with Crippen LogP contribution < -0.4 is 0 Å². The number of rotatable bonds is 2. The summed E-state index contributed by atoms with van der Waals surface area (Å²) in [4.78, 5) is 20.8. The van der Waals surface area contributed by atoms with Crippen LogP contribution >= 0.6 is 0 Å². The number of carboxylic acid groups (broad SMARTS) is 2. The van der Waals surface area contributed by atoms with Gasteiger partial charge in [0.05, 0.1) is 11.1 Å². The minimum Gasteiger partial charge on any atom is -0.478 e. The van der Waals surface area contributed by atoms with Crippen molar-refractivity contribution in [2.45, 2.75) is 0 Å². The first-order valence-corrected chi connectivity index (χ1v) is 3.18. The van der Waals surface area contributed by atoms with Crippen molar-refractivity contribution in [3.8, 4) is 0 Å². The zero-order valence-electron chi connectivity index (χ0n) is 6.02. The van der Waals surface area contributed by atoms with Gasteiger partial charge in [-0.2, -0.15) is 0 Å². The van der Waals surface area contributed by atoms with Gasteiger partial charge in [-0.25, -0.2) is 9.59 Å². The van der Waals surface area contributed by atoms with Gasteiger partial charge in [-0.15, -0.1) is 0 Å². The third-order valence-corrected chi connectivity index (χ3v) is 1.36. The number of hydrogen-bond acceptors (Lipinski definition) is 2. The van der Waals surface area contributed by atoms with Crippen LogP contribution in [-0.2, 0) is 0 Å². The van der Waals surface area contributed by atoms with Crippen molar-refractivity contribution in [2.75, 3.05) is 0 Å². The lowest BCUT2D eigenvalue weighted by atomic mass is 10.2. The van der Waals surface area contributed by atoms with E-state index in [1.807, 2.05) is 0 Å². The number of benzene rings is 1. The van der Waals surface area contributed by atoms with E-state index >= 15 is 0 Å². The van der Waals surface area contributed by atoms with Crippen LogP contribution in [-0.4, -0.2) is 22.2 Å². The van der Waals surface area contributed by atoms with Crippen LogP contribution in [0.3, 0.4) is 0 Å². The Kier molecular flexibility index (Phi) is 2.09. The zero-order chi connectivity index (χ0) is 9.14. The molecule has 0 fully saturated rings. The van der Waals surface area contributed by atoms with Gasteiger partial charge >= 0.3 is 11.9 Å². The largest absolute Gasteiger partial charge is 0.478 e. The Morgan fingerprint density at radius 1 is 1.00 bits per heavy atom. The van der Waals surface area contributed by atoms with Crippen molar-refractivity contribution in [1.29, 1.82) is 0 Å². The van der Waals surface area contributed by atoms with Gasteiger partial charge in [-0.1, -0.05) is 6.07 Å². The van der Waals surface area contributed by atoms with Gasteiger partial charge < -0.3 is 10.2 Å². The number of aromatic carboxylic acids is 2. The molecule has 12 heavy (non-hydrogen) atoms. The maximum absolute atomic E-state index is 10.4. The first-order valence-electron chi connectivity index (χ1n) is 3.18. The molecule has 0 atom stereocenters. The summed E-state index contributed by atoms with van der Waals surface area (Å²) in [7, 11) is 0. The summed E-state index contributed by atoms with van der Waals surface area (Å²) in [6.45, 7) is 0. The highest BCUT2D eigenvalue weighted by molar-refractivity contribution is 5.93. The minimum absolute atomic E-state index is 0.0186. The molecule has 0 aromatic heterocycles. The standard InChI is InChI=1S/C8H6O4/c9-7(10)5-2-1-3-6(4-5)8(11)12/h1-4H,(H,9,10)(H,11,12)/i7+1,8+1. The van der Waals surface area contributed by atoms with Crippen molar-refractivity contribution in [3.05, 3.63) is 35.4 Å². The highest BCUT2D eigenvalue weighted by atomic mass is 16.5. The summed E-state index contributed by atoms with van der Waals surface area (Å²) in [6.07, 6.45) is 0. The smallest absolute Gasteiger partial charge is 0.335 e. The summed E-state index contributed by atoms with van der Waals surface area (Å²) in [6, 6.07) is 5.20. The zero-order valence-corrected chi connectivity index (χ0v) is 6.02. The van der Waals surface area contributed by atoms with Crippen LogP contribution in [0.5, 0.6) is 0 Å². The van der Waals surface area contributed by atoms with E-state index in [9.17, 15) is 9.59 Å². The summed E-state index contributed by atoms with van der Waals surface area (Å²) in [5.41, 5.74) is -0.0372. The van der Waals surface area contributed by atoms with Gasteiger partial charge in [-0.05, 0) is 18.2 Å². The molecule has 0 amide bonds. The molecule has 4 heteroatoms. The van der Waals surface area contributed by atoms with Crippen LogP contribution in [0.1, 0.15) is 20.7 Å². The van der Waals surface area contributed by atoms with E-state index in [0.717, 1.165) is 6.07 Å². The molecule has 0 heterocycles. The highest BCUT2D eigenvalue weighted by Gasteiger charge is 2.06. The second-order valence-corrected chi connectivity index (χ2v) is 2.19. The van der Waals surface area contributed by atoms with Crippen LogP contribution in [0.15, 0.2) is 24.3 Å². The molecular formula is C8H6O4. The first kappa shape index (κ1) is 8.26. The molecule has 2 N–H and O–H groups in total. The molecule has 0 aliphatic heterocycles. The van der Waals surface area contributed by atoms with Crippen molar-refractivity contribution >= 4 is 11.9 Å². The molecule has 1 aromatic rings. The highest BCUT2D eigenvalue weighted by Crippen LogP contribution is 2.04. The van der Waals surface area contributed by atoms with Gasteiger partial charge in [0.15, 0.2) is 0 Å². The second-order valence-electron chi connectivity index (χ2n) is 2.19. The SMILES string of the molecule is O=[13C](O)c1cccc([13C](=O)O)c1. The Morgan fingerprint density at radius 3 is 1.75 bits per heavy atom. The first-order chi connectivity index (χ1) is 5.61. The van der Waals surface area contributed by atoms with E-state index in [0.29, 0.717) is 0 Å². The van der Waals surface area contributed by atoms with E-state index in [1.165, 1.54) is 18.2 Å². The molecular weight excluding hydrogens is 162 g/mol. The van der Waals surface area contributed by atoms with Gasteiger partial charge in [0.2, 0.25) is 0 Å². The molecule has 0 bridgehead atoms. The normalized spacial score (nSPS) is 9.33. The average Bonchev–Trinajstić information content (AvgIpc) is 2.04. The number of carbonyl (C=O) groups is 2. The summed E-state index contributed by atoms with van der Waals surface area (Å²) < 4.78 is 0. The van der Waals surface area contributed by atoms with E-state index in [2.05, 4.69) is 0 Å². The molecule has 62 valence electrons. The molecule has 0 aliphatic rings. The third kappa shape index (κ3) is 1.60. The van der Waals surface area contributed by atoms with Crippen molar-refractivity contribution < 1.29 is 19.8 Å². The van der Waals surface area contributed by atoms with Gasteiger partial charge in [0.1, 0.15) is 0 Å². The summed E-state index contributed by atoms with van der Waals surface area (Å²) in [5.74, 6) is -2.25. The fourth-order valence-corrected chi connectivity index (χ4v) is 0.785. The molecule has 0 aliphatic carbocycles. The molecule has 0 unspecified atom stereocenters. The lowest BCUT2D eigenvalue weighted by molar-refractivity contribution is 0.0696. The van der Waals surface area contributed by atoms with Crippen LogP contribution in [0.25, 0.3) is 0 Å². The van der Waals surface area contributed by atoms with Crippen LogP contribution in [0, 0.1) is 0 Å². The molecule has 1 rings (SSSR count). The summed E-state index contributed by atoms with van der Waals surface area (Å²) in [5, 5.41) is 17.0. The Bertz CT molecular complexity index is 300. The Hall–Kier alpha value is -1.84. The Morgan fingerprint density at radius 2 is 1.42 bits per heavy atom. The van der Waals surface area contributed by atoms with E-state index < -0.39 is 11.9 Å². The van der Waals surface area contributed by atoms with Gasteiger partial charge in [0, 0.05) is 0 Å². The van der Waals surface area contributed by atoms with Gasteiger partial charge in [0.25, 0.3) is 0 Å². The second kappa shape index (κ2) is 3.04. The number of hydrogen-bond donors (Lipinski definition) is 2. The monoisotopic (exact) mass is 168 g/mol. The van der Waals surface area contributed by atoms with Crippen molar-refractivity contribution in [1.82, 2.24) is 0 Å². The minimum atomic E-state index is -1.13. The molecule has 0 spiro atoms. The number of carboxylic acids is 2. The Labute approximate surface area is 68.1 Å². The molecule has 4 nitrogen and oxygen atoms in total. The van der Waals surface area contributed by atoms with Crippen LogP contribution in [0.2, 0.25) is 0 Å². The van der Waals surface area contributed by atoms with E-state index in [1.54, 1.807) is 0 Å². The van der Waals surface area contributed by atoms with Crippen molar-refractivity contribution in [2.24, 2.45) is 0 Å². The average molecular weight is 168 g/mol. The molecule has 0 radical (unpaired) electrons. The Balaban J connectivity index is 3.12. The topological polar surface area (TPSA) is 74.6 Å². The lowest BCUT2D eigenvalue weighted by Crippen LogP contribution is -2.01. The predicted molar refractivity (Wildman–Crippen MR) is 40.4 cm³/mol. The quantitative estimate of drug-likeness (QED) is 0.648. The maximum atomic E-state index is 10.4. The third-order valence-electron chi connectivity index (χ3n) is 1.36. The van der Waals surface area contributed by atoms with Crippen molar-refractivity contribution in [3.63, 3.8) is 0 Å². The molecule has 0 saturated carbocycles. The lowest BCUT2D eigenvalue weighted by Gasteiger charge is -1.95.